The lowest BCUT2D eigenvalue weighted by molar-refractivity contribution is -0.384. The van der Waals surface area contributed by atoms with Crippen molar-refractivity contribution in [3.8, 4) is 5.82 Å². The van der Waals surface area contributed by atoms with Crippen LogP contribution in [0.2, 0.25) is 0 Å². The Kier molecular flexibility index (Phi) is 3.26. The molecule has 0 aliphatic carbocycles. The lowest BCUT2D eigenvalue weighted by atomic mass is 10.1. The molecule has 0 atom stereocenters. The molecule has 1 N–H and O–H groups in total. The smallest absolute Gasteiger partial charge is 0.333 e. The third kappa shape index (κ3) is 2.25. The summed E-state index contributed by atoms with van der Waals surface area (Å²) in [4.78, 5) is 21.3. The maximum atomic E-state index is 11.0. The summed E-state index contributed by atoms with van der Waals surface area (Å²) in [5.74, 6) is -0.902. The predicted molar refractivity (Wildman–Crippen MR) is 67.8 cm³/mol. The summed E-state index contributed by atoms with van der Waals surface area (Å²) in [7, 11) is 1.57. The number of carboxylic acid groups (broad SMARTS) is 1. The lowest BCUT2D eigenvalue weighted by Crippen LogP contribution is -2.05. The van der Waals surface area contributed by atoms with Crippen LogP contribution in [0, 0.1) is 24.0 Å². The van der Waals surface area contributed by atoms with Gasteiger partial charge in [0, 0.05) is 18.3 Å². The molecule has 2 heterocycles. The van der Waals surface area contributed by atoms with Gasteiger partial charge in [0.15, 0.2) is 0 Å². The Morgan fingerprint density at radius 1 is 1.45 bits per heavy atom. The summed E-state index contributed by atoms with van der Waals surface area (Å²) >= 11 is 0. The highest BCUT2D eigenvalue weighted by molar-refractivity contribution is 5.71. The van der Waals surface area contributed by atoms with E-state index in [2.05, 4.69) is 10.2 Å². The van der Waals surface area contributed by atoms with Gasteiger partial charge in [0.25, 0.3) is 5.82 Å². The molecule has 0 aliphatic heterocycles. The summed E-state index contributed by atoms with van der Waals surface area (Å²) in [5, 5.41) is 28.1. The number of aliphatic carboxylic acids is 1. The second-order valence-corrected chi connectivity index (χ2v) is 4.40. The van der Waals surface area contributed by atoms with Gasteiger partial charge in [-0.3, -0.25) is 19.6 Å². The second kappa shape index (κ2) is 4.76. The topological polar surface area (TPSA) is 116 Å². The van der Waals surface area contributed by atoms with Gasteiger partial charge in [-0.05, 0) is 13.8 Å². The van der Waals surface area contributed by atoms with Gasteiger partial charge >= 0.3 is 11.7 Å². The summed E-state index contributed by atoms with van der Waals surface area (Å²) < 4.78 is 2.63. The first kappa shape index (κ1) is 13.7. The van der Waals surface area contributed by atoms with E-state index in [0.29, 0.717) is 17.0 Å². The zero-order chi connectivity index (χ0) is 15.0. The quantitative estimate of drug-likeness (QED) is 0.652. The number of carbonyl (C=O) groups is 1. The Labute approximate surface area is 113 Å². The number of hydrogen-bond acceptors (Lipinski definition) is 5. The molecular formula is C11H13N5O4. The highest BCUT2D eigenvalue weighted by Crippen LogP contribution is 2.24. The Morgan fingerprint density at radius 2 is 2.10 bits per heavy atom. The lowest BCUT2D eigenvalue weighted by Gasteiger charge is -2.00. The molecule has 0 radical (unpaired) electrons. The van der Waals surface area contributed by atoms with Crippen LogP contribution < -0.4 is 0 Å². The standard InChI is InChI=1S/C11H13N5O4/c1-6-8(4-10(17)18)7(2)15(12-6)11-9(16(19)20)5-14(3)13-11/h5H,4H2,1-3H3,(H,17,18). The average molecular weight is 279 g/mol. The molecule has 20 heavy (non-hydrogen) atoms. The number of nitrogens with zero attached hydrogens (tertiary/aromatic N) is 5. The largest absolute Gasteiger partial charge is 0.481 e. The second-order valence-electron chi connectivity index (χ2n) is 4.40. The predicted octanol–water partition coefficient (Wildman–Crippen LogP) is 0.758. The van der Waals surface area contributed by atoms with Crippen molar-refractivity contribution in [2.45, 2.75) is 20.3 Å². The van der Waals surface area contributed by atoms with Crippen LogP contribution in [0.5, 0.6) is 0 Å². The molecule has 0 amide bonds. The van der Waals surface area contributed by atoms with Crippen molar-refractivity contribution in [1.82, 2.24) is 19.6 Å². The van der Waals surface area contributed by atoms with Crippen molar-refractivity contribution in [3.05, 3.63) is 33.3 Å². The van der Waals surface area contributed by atoms with Gasteiger partial charge in [0.2, 0.25) is 0 Å². The molecule has 9 heteroatoms. The fraction of sp³-hybridized carbons (Fsp3) is 0.364. The molecule has 2 aromatic rings. The van der Waals surface area contributed by atoms with Crippen LogP contribution in [0.4, 0.5) is 5.69 Å². The van der Waals surface area contributed by atoms with Crippen molar-refractivity contribution in [2.24, 2.45) is 7.05 Å². The molecule has 0 unspecified atom stereocenters. The third-order valence-electron chi connectivity index (χ3n) is 2.96. The number of rotatable bonds is 4. The van der Waals surface area contributed by atoms with Crippen molar-refractivity contribution in [3.63, 3.8) is 0 Å². The van der Waals surface area contributed by atoms with Gasteiger partial charge in [-0.1, -0.05) is 0 Å². The van der Waals surface area contributed by atoms with Gasteiger partial charge in [-0.15, -0.1) is 5.10 Å². The molecule has 106 valence electrons. The van der Waals surface area contributed by atoms with E-state index in [9.17, 15) is 14.9 Å². The summed E-state index contributed by atoms with van der Waals surface area (Å²) in [6.07, 6.45) is 1.10. The van der Waals surface area contributed by atoms with Crippen molar-refractivity contribution >= 4 is 11.7 Å². The summed E-state index contributed by atoms with van der Waals surface area (Å²) in [6, 6.07) is 0. The first-order valence-corrected chi connectivity index (χ1v) is 5.76. The maximum Gasteiger partial charge on any atom is 0.333 e. The van der Waals surface area contributed by atoms with Crippen molar-refractivity contribution in [2.75, 3.05) is 0 Å². The molecule has 0 bridgehead atoms. The minimum absolute atomic E-state index is 0.0785. The summed E-state index contributed by atoms with van der Waals surface area (Å²) in [5.41, 5.74) is 1.41. The SMILES string of the molecule is Cc1nn(-c2nn(C)cc2[N+](=O)[O-])c(C)c1CC(=O)O. The normalized spacial score (nSPS) is 10.8. The van der Waals surface area contributed by atoms with Gasteiger partial charge in [0.05, 0.1) is 17.0 Å². The van der Waals surface area contributed by atoms with Crippen LogP contribution in [-0.2, 0) is 18.3 Å². The fourth-order valence-electron chi connectivity index (χ4n) is 2.03. The zero-order valence-electron chi connectivity index (χ0n) is 11.2. The van der Waals surface area contributed by atoms with E-state index in [1.165, 1.54) is 15.6 Å². The van der Waals surface area contributed by atoms with E-state index < -0.39 is 10.9 Å². The third-order valence-corrected chi connectivity index (χ3v) is 2.96. The molecule has 9 nitrogen and oxygen atoms in total. The van der Waals surface area contributed by atoms with Crippen LogP contribution in [-0.4, -0.2) is 35.6 Å². The minimum Gasteiger partial charge on any atom is -0.481 e. The van der Waals surface area contributed by atoms with E-state index in [0.717, 1.165) is 0 Å². The van der Waals surface area contributed by atoms with E-state index in [1.807, 2.05) is 0 Å². The first-order valence-electron chi connectivity index (χ1n) is 5.76. The highest BCUT2D eigenvalue weighted by atomic mass is 16.6. The van der Waals surface area contributed by atoms with Gasteiger partial charge in [0.1, 0.15) is 6.20 Å². The fourth-order valence-corrected chi connectivity index (χ4v) is 2.03. The van der Waals surface area contributed by atoms with Crippen LogP contribution >= 0.6 is 0 Å². The van der Waals surface area contributed by atoms with Gasteiger partial charge in [-0.25, -0.2) is 4.68 Å². The van der Waals surface area contributed by atoms with Crippen molar-refractivity contribution in [1.29, 1.82) is 0 Å². The van der Waals surface area contributed by atoms with E-state index >= 15 is 0 Å². The molecule has 0 spiro atoms. The molecule has 0 fully saturated rings. The number of hydrogen-bond donors (Lipinski definition) is 1. The molecule has 0 aromatic carbocycles. The monoisotopic (exact) mass is 279 g/mol. The van der Waals surface area contributed by atoms with Gasteiger partial charge < -0.3 is 5.11 Å². The van der Waals surface area contributed by atoms with Crippen LogP contribution in [0.25, 0.3) is 5.82 Å². The van der Waals surface area contributed by atoms with Crippen LogP contribution in [0.15, 0.2) is 6.20 Å². The van der Waals surface area contributed by atoms with E-state index in [1.54, 1.807) is 20.9 Å². The Hall–Kier alpha value is -2.71. The minimum atomic E-state index is -0.980. The zero-order valence-corrected chi connectivity index (χ0v) is 11.2. The molecule has 0 saturated carbocycles. The Balaban J connectivity index is 2.60. The van der Waals surface area contributed by atoms with Crippen molar-refractivity contribution < 1.29 is 14.8 Å². The number of aryl methyl sites for hydroxylation is 2. The van der Waals surface area contributed by atoms with Crippen LogP contribution in [0.3, 0.4) is 0 Å². The Bertz CT molecular complexity index is 700. The maximum absolute atomic E-state index is 11.0. The van der Waals surface area contributed by atoms with Gasteiger partial charge in [-0.2, -0.15) is 5.10 Å². The Morgan fingerprint density at radius 3 is 2.65 bits per heavy atom. The highest BCUT2D eigenvalue weighted by Gasteiger charge is 2.24. The molecule has 0 saturated heterocycles. The van der Waals surface area contributed by atoms with Crippen LogP contribution in [0.1, 0.15) is 17.0 Å². The average Bonchev–Trinajstić information content (AvgIpc) is 2.84. The number of carboxylic acids is 1. The summed E-state index contributed by atoms with van der Waals surface area (Å²) in [6.45, 7) is 3.33. The number of nitro groups is 1. The number of aromatic nitrogens is 4. The molecule has 0 aliphatic rings. The van der Waals surface area contributed by atoms with E-state index in [4.69, 9.17) is 5.11 Å². The molecule has 2 aromatic heterocycles. The molecule has 2 rings (SSSR count). The molecular weight excluding hydrogens is 266 g/mol. The van der Waals surface area contributed by atoms with E-state index in [-0.39, 0.29) is 17.9 Å². The first-order chi connectivity index (χ1) is 9.31.